The molecule has 0 spiro atoms. The van der Waals surface area contributed by atoms with E-state index in [9.17, 15) is 10.2 Å². The van der Waals surface area contributed by atoms with Crippen LogP contribution in [0.3, 0.4) is 0 Å². The van der Waals surface area contributed by atoms with Crippen LogP contribution in [-0.4, -0.2) is 45.0 Å². The van der Waals surface area contributed by atoms with Gasteiger partial charge in [0.2, 0.25) is 0 Å². The molecule has 0 unspecified atom stereocenters. The van der Waals surface area contributed by atoms with E-state index in [4.69, 9.17) is 5.11 Å². The fourth-order valence-electron chi connectivity index (χ4n) is 1.64. The van der Waals surface area contributed by atoms with Crippen LogP contribution in [-0.2, 0) is 13.2 Å². The Labute approximate surface area is 118 Å². The van der Waals surface area contributed by atoms with Gasteiger partial charge >= 0.3 is 0 Å². The minimum absolute atomic E-state index is 0.122. The summed E-state index contributed by atoms with van der Waals surface area (Å²) in [6.07, 6.45) is 2.42. The molecule has 5 nitrogen and oxygen atoms in total. The van der Waals surface area contributed by atoms with Crippen LogP contribution < -0.4 is 5.32 Å². The smallest absolute Gasteiger partial charge is 0.141 e. The van der Waals surface area contributed by atoms with E-state index in [0.717, 1.165) is 30.0 Å². The molecular formula is C13H22N2O3S. The number of aliphatic hydroxyl groups is 2. The lowest BCUT2D eigenvalue weighted by atomic mass is 10.1. The molecule has 108 valence electrons. The number of hydrogen-bond acceptors (Lipinski definition) is 6. The number of nitrogens with zero attached hydrogens (tertiary/aromatic N) is 1. The highest BCUT2D eigenvalue weighted by atomic mass is 32.2. The molecule has 0 fully saturated rings. The standard InChI is InChI=1S/C13H22N2O3S/c1-10-13(18)12(11(9-17)7-15-10)8-14-3-6-19-5-2-4-16/h7,14,16-18H,2-6,8-9H2,1H3. The fraction of sp³-hybridized carbons (Fsp3) is 0.615. The summed E-state index contributed by atoms with van der Waals surface area (Å²) in [4.78, 5) is 4.02. The third-order valence-corrected chi connectivity index (χ3v) is 3.84. The number of pyridine rings is 1. The summed E-state index contributed by atoms with van der Waals surface area (Å²) in [7, 11) is 0. The molecule has 0 saturated carbocycles. The van der Waals surface area contributed by atoms with Crippen LogP contribution >= 0.6 is 11.8 Å². The van der Waals surface area contributed by atoms with Crippen LogP contribution in [0.4, 0.5) is 0 Å². The van der Waals surface area contributed by atoms with E-state index in [1.165, 1.54) is 0 Å². The second-order valence-corrected chi connectivity index (χ2v) is 5.45. The molecule has 4 N–H and O–H groups in total. The molecule has 19 heavy (non-hydrogen) atoms. The van der Waals surface area contributed by atoms with Gasteiger partial charge < -0.3 is 20.6 Å². The Hall–Kier alpha value is -0.820. The van der Waals surface area contributed by atoms with Crippen molar-refractivity contribution in [1.29, 1.82) is 0 Å². The predicted octanol–water partition coefficient (Wildman–Crippen LogP) is 0.793. The van der Waals surface area contributed by atoms with E-state index in [1.54, 1.807) is 24.9 Å². The Kier molecular flexibility index (Phi) is 7.81. The molecule has 0 bridgehead atoms. The van der Waals surface area contributed by atoms with Crippen molar-refractivity contribution >= 4 is 11.8 Å². The van der Waals surface area contributed by atoms with Crippen LogP contribution in [0.2, 0.25) is 0 Å². The lowest BCUT2D eigenvalue weighted by Crippen LogP contribution is -2.18. The van der Waals surface area contributed by atoms with E-state index < -0.39 is 0 Å². The Bertz CT molecular complexity index is 388. The number of aromatic hydroxyl groups is 1. The SMILES string of the molecule is Cc1ncc(CO)c(CNCCSCCCO)c1O. The normalized spacial score (nSPS) is 10.9. The molecule has 0 aliphatic heterocycles. The van der Waals surface area contributed by atoms with Gasteiger partial charge in [0.05, 0.1) is 12.3 Å². The molecule has 1 aromatic heterocycles. The summed E-state index contributed by atoms with van der Waals surface area (Å²) in [6, 6.07) is 0. The predicted molar refractivity (Wildman–Crippen MR) is 77.3 cm³/mol. The average Bonchev–Trinajstić information content (AvgIpc) is 2.42. The van der Waals surface area contributed by atoms with Gasteiger partial charge in [-0.15, -0.1) is 0 Å². The summed E-state index contributed by atoms with van der Waals surface area (Å²) in [5.74, 6) is 2.07. The minimum Gasteiger partial charge on any atom is -0.506 e. The monoisotopic (exact) mass is 286 g/mol. The van der Waals surface area contributed by atoms with E-state index in [1.807, 2.05) is 0 Å². The first-order chi connectivity index (χ1) is 9.20. The molecule has 0 radical (unpaired) electrons. The summed E-state index contributed by atoms with van der Waals surface area (Å²) in [6.45, 7) is 3.20. The van der Waals surface area contributed by atoms with Gasteiger partial charge in [-0.3, -0.25) is 4.98 Å². The van der Waals surface area contributed by atoms with Crippen molar-refractivity contribution in [2.24, 2.45) is 0 Å². The molecule has 0 atom stereocenters. The number of aryl methyl sites for hydroxylation is 1. The second-order valence-electron chi connectivity index (χ2n) is 4.22. The Balaban J connectivity index is 2.38. The first-order valence-corrected chi connectivity index (χ1v) is 7.52. The maximum absolute atomic E-state index is 9.94. The van der Waals surface area contributed by atoms with E-state index in [0.29, 0.717) is 17.8 Å². The van der Waals surface area contributed by atoms with Crippen LogP contribution in [0.15, 0.2) is 6.20 Å². The molecule has 0 aliphatic carbocycles. The van der Waals surface area contributed by atoms with Crippen LogP contribution in [0.5, 0.6) is 5.75 Å². The topological polar surface area (TPSA) is 85.6 Å². The molecule has 0 saturated heterocycles. The van der Waals surface area contributed by atoms with Gasteiger partial charge in [0.25, 0.3) is 0 Å². The van der Waals surface area contributed by atoms with E-state index in [2.05, 4.69) is 10.3 Å². The van der Waals surface area contributed by atoms with E-state index >= 15 is 0 Å². The lowest BCUT2D eigenvalue weighted by Gasteiger charge is -2.12. The van der Waals surface area contributed by atoms with Crippen molar-refractivity contribution < 1.29 is 15.3 Å². The maximum Gasteiger partial charge on any atom is 0.141 e. The number of aromatic nitrogens is 1. The van der Waals surface area contributed by atoms with Gasteiger partial charge in [-0.1, -0.05) is 0 Å². The van der Waals surface area contributed by atoms with E-state index in [-0.39, 0.29) is 19.0 Å². The van der Waals surface area contributed by atoms with Gasteiger partial charge in [-0.2, -0.15) is 11.8 Å². The highest BCUT2D eigenvalue weighted by Crippen LogP contribution is 2.23. The zero-order valence-corrected chi connectivity index (χ0v) is 12.0. The number of aliphatic hydroxyl groups excluding tert-OH is 2. The quantitative estimate of drug-likeness (QED) is 0.502. The summed E-state index contributed by atoms with van der Waals surface area (Å²) >= 11 is 1.78. The van der Waals surface area contributed by atoms with Gasteiger partial charge in [0.1, 0.15) is 5.75 Å². The molecule has 6 heteroatoms. The summed E-state index contributed by atoms with van der Waals surface area (Å²) in [5.41, 5.74) is 1.95. The third-order valence-electron chi connectivity index (χ3n) is 2.77. The van der Waals surface area contributed by atoms with Gasteiger partial charge in [0, 0.05) is 42.8 Å². The lowest BCUT2D eigenvalue weighted by molar-refractivity contribution is 0.278. The van der Waals surface area contributed by atoms with Crippen molar-refractivity contribution in [3.05, 3.63) is 23.0 Å². The van der Waals surface area contributed by atoms with Crippen LogP contribution in [0, 0.1) is 6.92 Å². The molecule has 0 aliphatic rings. The van der Waals surface area contributed by atoms with Gasteiger partial charge in [-0.25, -0.2) is 0 Å². The number of nitrogens with one attached hydrogen (secondary N) is 1. The maximum atomic E-state index is 9.94. The summed E-state index contributed by atoms with van der Waals surface area (Å²) < 4.78 is 0. The summed E-state index contributed by atoms with van der Waals surface area (Å²) in [5, 5.41) is 31.0. The Morgan fingerprint density at radius 3 is 2.79 bits per heavy atom. The minimum atomic E-state index is -0.122. The highest BCUT2D eigenvalue weighted by molar-refractivity contribution is 7.99. The molecule has 1 rings (SSSR count). The number of hydrogen-bond donors (Lipinski definition) is 4. The van der Waals surface area contributed by atoms with Gasteiger partial charge in [0.15, 0.2) is 0 Å². The number of rotatable bonds is 9. The van der Waals surface area contributed by atoms with Crippen molar-refractivity contribution in [3.8, 4) is 5.75 Å². The second kappa shape index (κ2) is 9.14. The zero-order chi connectivity index (χ0) is 14.1. The third kappa shape index (κ3) is 5.36. The first kappa shape index (κ1) is 16.2. The first-order valence-electron chi connectivity index (χ1n) is 6.37. The largest absolute Gasteiger partial charge is 0.506 e. The van der Waals surface area contributed by atoms with Crippen LogP contribution in [0.25, 0.3) is 0 Å². The molecule has 0 aromatic carbocycles. The molecule has 1 aromatic rings. The van der Waals surface area contributed by atoms with Crippen molar-refractivity contribution in [1.82, 2.24) is 10.3 Å². The van der Waals surface area contributed by atoms with Gasteiger partial charge in [-0.05, 0) is 19.1 Å². The molecule has 1 heterocycles. The van der Waals surface area contributed by atoms with Crippen molar-refractivity contribution in [2.45, 2.75) is 26.5 Å². The zero-order valence-electron chi connectivity index (χ0n) is 11.2. The Morgan fingerprint density at radius 1 is 1.32 bits per heavy atom. The average molecular weight is 286 g/mol. The number of thioether (sulfide) groups is 1. The fourth-order valence-corrected chi connectivity index (χ4v) is 2.47. The molecule has 0 amide bonds. The van der Waals surface area contributed by atoms with Crippen molar-refractivity contribution in [2.75, 3.05) is 24.7 Å². The van der Waals surface area contributed by atoms with Crippen molar-refractivity contribution in [3.63, 3.8) is 0 Å². The Morgan fingerprint density at radius 2 is 2.11 bits per heavy atom. The molecular weight excluding hydrogens is 264 g/mol. The highest BCUT2D eigenvalue weighted by Gasteiger charge is 2.10. The van der Waals surface area contributed by atoms with Crippen LogP contribution in [0.1, 0.15) is 23.2 Å².